The summed E-state index contributed by atoms with van der Waals surface area (Å²) < 4.78 is 5.60. The SMILES string of the molecule is Cc1cc(C)c([N+](=O)[O-])cc1OCCCCCCO. The van der Waals surface area contributed by atoms with Crippen molar-refractivity contribution in [2.75, 3.05) is 13.2 Å². The zero-order chi connectivity index (χ0) is 14.3. The second-order valence-electron chi connectivity index (χ2n) is 4.65. The quantitative estimate of drug-likeness (QED) is 0.446. The summed E-state index contributed by atoms with van der Waals surface area (Å²) in [6.45, 7) is 4.39. The first-order valence-electron chi connectivity index (χ1n) is 6.55. The maximum atomic E-state index is 10.9. The number of nitro groups is 1. The van der Waals surface area contributed by atoms with E-state index in [9.17, 15) is 10.1 Å². The van der Waals surface area contributed by atoms with Crippen molar-refractivity contribution in [1.82, 2.24) is 0 Å². The number of hydrogen-bond donors (Lipinski definition) is 1. The molecule has 0 heterocycles. The van der Waals surface area contributed by atoms with E-state index in [4.69, 9.17) is 9.84 Å². The normalized spacial score (nSPS) is 10.5. The van der Waals surface area contributed by atoms with Crippen molar-refractivity contribution in [3.63, 3.8) is 0 Å². The Kier molecular flexibility index (Phi) is 6.29. The van der Waals surface area contributed by atoms with Gasteiger partial charge in [0.05, 0.1) is 17.6 Å². The Morgan fingerprint density at radius 3 is 2.47 bits per heavy atom. The Morgan fingerprint density at radius 2 is 1.84 bits per heavy atom. The molecule has 0 radical (unpaired) electrons. The summed E-state index contributed by atoms with van der Waals surface area (Å²) in [5, 5.41) is 19.5. The molecule has 5 heteroatoms. The van der Waals surface area contributed by atoms with Gasteiger partial charge in [-0.2, -0.15) is 0 Å². The molecule has 0 fully saturated rings. The van der Waals surface area contributed by atoms with E-state index >= 15 is 0 Å². The van der Waals surface area contributed by atoms with Crippen molar-refractivity contribution < 1.29 is 14.8 Å². The molecule has 0 aromatic heterocycles. The lowest BCUT2D eigenvalue weighted by atomic mass is 10.1. The van der Waals surface area contributed by atoms with Gasteiger partial charge in [0.25, 0.3) is 5.69 Å². The van der Waals surface area contributed by atoms with Crippen LogP contribution in [0.15, 0.2) is 12.1 Å². The predicted molar refractivity (Wildman–Crippen MR) is 73.6 cm³/mol. The van der Waals surface area contributed by atoms with Crippen LogP contribution in [0.5, 0.6) is 5.75 Å². The van der Waals surface area contributed by atoms with Gasteiger partial charge in [-0.25, -0.2) is 0 Å². The molecule has 0 unspecified atom stereocenters. The molecule has 1 rings (SSSR count). The number of nitro benzene ring substituents is 1. The number of hydrogen-bond acceptors (Lipinski definition) is 4. The molecule has 0 saturated heterocycles. The summed E-state index contributed by atoms with van der Waals surface area (Å²) >= 11 is 0. The summed E-state index contributed by atoms with van der Waals surface area (Å²) in [5.41, 5.74) is 1.66. The average molecular weight is 267 g/mol. The lowest BCUT2D eigenvalue weighted by Crippen LogP contribution is -2.01. The highest BCUT2D eigenvalue weighted by atomic mass is 16.6. The second kappa shape index (κ2) is 7.74. The predicted octanol–water partition coefficient (Wildman–Crippen LogP) is 3.14. The molecule has 1 aromatic carbocycles. The van der Waals surface area contributed by atoms with Crippen molar-refractivity contribution in [3.8, 4) is 5.75 Å². The number of unbranched alkanes of at least 4 members (excludes halogenated alkanes) is 3. The van der Waals surface area contributed by atoms with Gasteiger partial charge in [0.1, 0.15) is 5.75 Å². The Balaban J connectivity index is 2.53. The number of rotatable bonds is 8. The van der Waals surface area contributed by atoms with Crippen molar-refractivity contribution in [3.05, 3.63) is 33.4 Å². The fraction of sp³-hybridized carbons (Fsp3) is 0.571. The molecule has 0 aliphatic heterocycles. The van der Waals surface area contributed by atoms with E-state index in [1.807, 2.05) is 6.92 Å². The van der Waals surface area contributed by atoms with E-state index < -0.39 is 0 Å². The Labute approximate surface area is 113 Å². The van der Waals surface area contributed by atoms with Gasteiger partial charge in [-0.1, -0.05) is 6.42 Å². The van der Waals surface area contributed by atoms with Crippen molar-refractivity contribution >= 4 is 5.69 Å². The fourth-order valence-corrected chi connectivity index (χ4v) is 1.92. The first-order chi connectivity index (χ1) is 9.06. The molecule has 0 aliphatic carbocycles. The van der Waals surface area contributed by atoms with Gasteiger partial charge in [0.15, 0.2) is 0 Å². The summed E-state index contributed by atoms with van der Waals surface area (Å²) in [7, 11) is 0. The molecular formula is C14H21NO4. The van der Waals surface area contributed by atoms with Crippen LogP contribution >= 0.6 is 0 Å². The van der Waals surface area contributed by atoms with Crippen LogP contribution in [0.2, 0.25) is 0 Å². The van der Waals surface area contributed by atoms with Gasteiger partial charge >= 0.3 is 0 Å². The van der Waals surface area contributed by atoms with E-state index in [1.165, 1.54) is 6.07 Å². The van der Waals surface area contributed by atoms with Crippen LogP contribution in [0, 0.1) is 24.0 Å². The Morgan fingerprint density at radius 1 is 1.16 bits per heavy atom. The number of ether oxygens (including phenoxy) is 1. The van der Waals surface area contributed by atoms with E-state index in [1.54, 1.807) is 13.0 Å². The molecule has 1 aromatic rings. The van der Waals surface area contributed by atoms with Crippen LogP contribution in [-0.2, 0) is 0 Å². The minimum atomic E-state index is -0.386. The summed E-state index contributed by atoms with van der Waals surface area (Å²) in [6.07, 6.45) is 3.68. The Bertz CT molecular complexity index is 432. The maximum absolute atomic E-state index is 10.9. The van der Waals surface area contributed by atoms with Crippen LogP contribution < -0.4 is 4.74 Å². The molecule has 0 atom stereocenters. The van der Waals surface area contributed by atoms with Gasteiger partial charge < -0.3 is 9.84 Å². The van der Waals surface area contributed by atoms with Crippen LogP contribution in [0.1, 0.15) is 36.8 Å². The Hall–Kier alpha value is -1.62. The largest absolute Gasteiger partial charge is 0.493 e. The monoisotopic (exact) mass is 267 g/mol. The molecule has 5 nitrogen and oxygen atoms in total. The second-order valence-corrected chi connectivity index (χ2v) is 4.65. The molecular weight excluding hydrogens is 246 g/mol. The lowest BCUT2D eigenvalue weighted by Gasteiger charge is -2.10. The fourth-order valence-electron chi connectivity index (χ4n) is 1.92. The van der Waals surface area contributed by atoms with Gasteiger partial charge in [0, 0.05) is 12.2 Å². The average Bonchev–Trinajstić information content (AvgIpc) is 2.35. The molecule has 0 saturated carbocycles. The smallest absolute Gasteiger partial charge is 0.276 e. The van der Waals surface area contributed by atoms with E-state index in [-0.39, 0.29) is 17.2 Å². The van der Waals surface area contributed by atoms with E-state index in [0.717, 1.165) is 31.2 Å². The van der Waals surface area contributed by atoms with Gasteiger partial charge in [-0.3, -0.25) is 10.1 Å². The number of aliphatic hydroxyl groups is 1. The van der Waals surface area contributed by atoms with Crippen LogP contribution in [0.4, 0.5) is 5.69 Å². The third-order valence-corrected chi connectivity index (χ3v) is 3.00. The summed E-state index contributed by atoms with van der Waals surface area (Å²) in [4.78, 5) is 10.5. The van der Waals surface area contributed by atoms with Crippen LogP contribution in [-0.4, -0.2) is 23.2 Å². The third kappa shape index (κ3) is 4.87. The highest BCUT2D eigenvalue weighted by Crippen LogP contribution is 2.28. The maximum Gasteiger partial charge on any atom is 0.276 e. The highest BCUT2D eigenvalue weighted by Gasteiger charge is 2.14. The number of nitrogens with zero attached hydrogens (tertiary/aromatic N) is 1. The summed E-state index contributed by atoms with van der Waals surface area (Å²) in [5.74, 6) is 0.583. The van der Waals surface area contributed by atoms with Gasteiger partial charge in [-0.05, 0) is 44.7 Å². The van der Waals surface area contributed by atoms with Crippen molar-refractivity contribution in [1.29, 1.82) is 0 Å². The molecule has 106 valence electrons. The minimum absolute atomic E-state index is 0.0980. The molecule has 0 bridgehead atoms. The van der Waals surface area contributed by atoms with Gasteiger partial charge in [-0.15, -0.1) is 0 Å². The van der Waals surface area contributed by atoms with Crippen LogP contribution in [0.3, 0.4) is 0 Å². The third-order valence-electron chi connectivity index (χ3n) is 3.00. The first kappa shape index (κ1) is 15.4. The minimum Gasteiger partial charge on any atom is -0.493 e. The van der Waals surface area contributed by atoms with Crippen molar-refractivity contribution in [2.24, 2.45) is 0 Å². The lowest BCUT2D eigenvalue weighted by molar-refractivity contribution is -0.385. The zero-order valence-corrected chi connectivity index (χ0v) is 11.5. The molecule has 19 heavy (non-hydrogen) atoms. The van der Waals surface area contributed by atoms with E-state index in [2.05, 4.69) is 0 Å². The molecule has 1 N–H and O–H groups in total. The topological polar surface area (TPSA) is 72.6 Å². The standard InChI is InChI=1S/C14H21NO4/c1-11-9-12(2)14(10-13(11)15(17)18)19-8-6-4-3-5-7-16/h9-10,16H,3-8H2,1-2H3. The highest BCUT2D eigenvalue weighted by molar-refractivity contribution is 5.49. The summed E-state index contributed by atoms with van der Waals surface area (Å²) in [6, 6.07) is 3.28. The zero-order valence-electron chi connectivity index (χ0n) is 11.5. The van der Waals surface area contributed by atoms with Crippen molar-refractivity contribution in [2.45, 2.75) is 39.5 Å². The molecule has 0 spiro atoms. The molecule has 0 aliphatic rings. The first-order valence-corrected chi connectivity index (χ1v) is 6.55. The number of benzene rings is 1. The molecule has 0 amide bonds. The number of aliphatic hydroxyl groups excluding tert-OH is 1. The van der Waals surface area contributed by atoms with Gasteiger partial charge in [0.2, 0.25) is 0 Å². The number of aryl methyl sites for hydroxylation is 2. The van der Waals surface area contributed by atoms with E-state index in [0.29, 0.717) is 17.9 Å². The van der Waals surface area contributed by atoms with Crippen LogP contribution in [0.25, 0.3) is 0 Å².